The lowest BCUT2D eigenvalue weighted by atomic mass is 10.4. The van der Waals surface area contributed by atoms with Crippen LogP contribution >= 0.6 is 0 Å². The van der Waals surface area contributed by atoms with Crippen molar-refractivity contribution in [3.05, 3.63) is 28.2 Å². The molecule has 0 aliphatic carbocycles. The van der Waals surface area contributed by atoms with E-state index in [0.29, 0.717) is 18.3 Å². The van der Waals surface area contributed by atoms with Crippen molar-refractivity contribution in [2.75, 3.05) is 17.2 Å². The van der Waals surface area contributed by atoms with Crippen molar-refractivity contribution >= 4 is 17.3 Å². The molecule has 0 saturated heterocycles. The van der Waals surface area contributed by atoms with E-state index < -0.39 is 4.92 Å². The zero-order valence-electron chi connectivity index (χ0n) is 11.7. The third-order valence-corrected chi connectivity index (χ3v) is 2.52. The molecule has 0 unspecified atom stereocenters. The molecule has 0 radical (unpaired) electrons. The van der Waals surface area contributed by atoms with Crippen molar-refractivity contribution in [3.63, 3.8) is 0 Å². The van der Waals surface area contributed by atoms with Crippen molar-refractivity contribution in [1.29, 1.82) is 0 Å². The Labute approximate surface area is 120 Å². The number of rotatable bonds is 7. The minimum Gasteiger partial charge on any atom is -0.364 e. The lowest BCUT2D eigenvalue weighted by Gasteiger charge is -2.08. The molecule has 21 heavy (non-hydrogen) atoms. The summed E-state index contributed by atoms with van der Waals surface area (Å²) >= 11 is 0. The van der Waals surface area contributed by atoms with Crippen molar-refractivity contribution in [2.45, 2.75) is 26.8 Å². The van der Waals surface area contributed by atoms with E-state index in [-0.39, 0.29) is 23.9 Å². The van der Waals surface area contributed by atoms with Crippen LogP contribution in [0.1, 0.15) is 25.1 Å². The van der Waals surface area contributed by atoms with Gasteiger partial charge in [0.25, 0.3) is 0 Å². The summed E-state index contributed by atoms with van der Waals surface area (Å²) in [5, 5.41) is 20.6. The van der Waals surface area contributed by atoms with Crippen LogP contribution in [0, 0.1) is 17.0 Å². The van der Waals surface area contributed by atoms with Crippen molar-refractivity contribution < 1.29 is 9.45 Å². The van der Waals surface area contributed by atoms with Gasteiger partial charge >= 0.3 is 5.69 Å². The van der Waals surface area contributed by atoms with Gasteiger partial charge in [-0.25, -0.2) is 9.97 Å². The molecule has 0 fully saturated rings. The van der Waals surface area contributed by atoms with E-state index in [4.69, 9.17) is 4.52 Å². The Kier molecular flexibility index (Phi) is 4.59. The largest absolute Gasteiger partial charge is 0.364 e. The van der Waals surface area contributed by atoms with Gasteiger partial charge in [-0.3, -0.25) is 10.1 Å². The van der Waals surface area contributed by atoms with Crippen LogP contribution in [0.3, 0.4) is 0 Å². The van der Waals surface area contributed by atoms with E-state index >= 15 is 0 Å². The summed E-state index contributed by atoms with van der Waals surface area (Å²) < 4.78 is 4.93. The van der Waals surface area contributed by atoms with Crippen molar-refractivity contribution in [3.8, 4) is 0 Å². The SMILES string of the molecule is CCCNc1ncnc(NCc2nc(C)no2)c1[N+](=O)[O-]. The highest BCUT2D eigenvalue weighted by molar-refractivity contribution is 5.69. The second-order valence-corrected chi connectivity index (χ2v) is 4.19. The smallest absolute Gasteiger partial charge is 0.353 e. The van der Waals surface area contributed by atoms with Gasteiger partial charge in [0, 0.05) is 6.54 Å². The van der Waals surface area contributed by atoms with E-state index in [0.717, 1.165) is 6.42 Å². The number of hydrogen-bond donors (Lipinski definition) is 2. The van der Waals surface area contributed by atoms with Gasteiger partial charge in [-0.15, -0.1) is 0 Å². The average Bonchev–Trinajstić information content (AvgIpc) is 2.88. The van der Waals surface area contributed by atoms with Crippen LogP contribution in [-0.4, -0.2) is 31.6 Å². The van der Waals surface area contributed by atoms with Gasteiger partial charge in [-0.05, 0) is 13.3 Å². The number of aromatic nitrogens is 4. The maximum atomic E-state index is 11.2. The van der Waals surface area contributed by atoms with Gasteiger partial charge in [0.1, 0.15) is 6.33 Å². The molecule has 2 aromatic rings. The Hall–Kier alpha value is -2.78. The number of nitro groups is 1. The van der Waals surface area contributed by atoms with Crippen LogP contribution in [0.25, 0.3) is 0 Å². The summed E-state index contributed by atoms with van der Waals surface area (Å²) in [5.41, 5.74) is -0.206. The summed E-state index contributed by atoms with van der Waals surface area (Å²) in [7, 11) is 0. The maximum absolute atomic E-state index is 11.2. The number of nitrogens with one attached hydrogen (secondary N) is 2. The zero-order valence-corrected chi connectivity index (χ0v) is 11.7. The molecule has 0 saturated carbocycles. The molecule has 2 heterocycles. The van der Waals surface area contributed by atoms with Crippen LogP contribution in [-0.2, 0) is 6.54 Å². The van der Waals surface area contributed by atoms with Crippen LogP contribution in [0.2, 0.25) is 0 Å². The van der Waals surface area contributed by atoms with Crippen LogP contribution in [0.4, 0.5) is 17.3 Å². The summed E-state index contributed by atoms with van der Waals surface area (Å²) in [4.78, 5) is 22.5. The summed E-state index contributed by atoms with van der Waals surface area (Å²) in [5.74, 6) is 1.10. The molecule has 10 nitrogen and oxygen atoms in total. The summed E-state index contributed by atoms with van der Waals surface area (Å²) in [6.45, 7) is 4.37. The normalized spacial score (nSPS) is 10.4. The van der Waals surface area contributed by atoms with Gasteiger partial charge in [0.05, 0.1) is 11.5 Å². The highest BCUT2D eigenvalue weighted by Crippen LogP contribution is 2.28. The predicted octanol–water partition coefficient (Wildman–Crippen LogP) is 1.51. The second-order valence-electron chi connectivity index (χ2n) is 4.19. The second kappa shape index (κ2) is 6.59. The first-order valence-electron chi connectivity index (χ1n) is 6.38. The fourth-order valence-corrected chi connectivity index (χ4v) is 1.63. The lowest BCUT2D eigenvalue weighted by Crippen LogP contribution is -2.10. The van der Waals surface area contributed by atoms with E-state index in [2.05, 4.69) is 30.7 Å². The van der Waals surface area contributed by atoms with Crippen molar-refractivity contribution in [2.24, 2.45) is 0 Å². The van der Waals surface area contributed by atoms with Gasteiger partial charge < -0.3 is 15.2 Å². The molecule has 0 spiro atoms. The van der Waals surface area contributed by atoms with Crippen LogP contribution in [0.15, 0.2) is 10.9 Å². The number of aryl methyl sites for hydroxylation is 1. The highest BCUT2D eigenvalue weighted by atomic mass is 16.6. The first-order chi connectivity index (χ1) is 10.1. The third kappa shape index (κ3) is 3.61. The molecular formula is C11H15N7O3. The minimum atomic E-state index is -0.528. The summed E-state index contributed by atoms with van der Waals surface area (Å²) in [6, 6.07) is 0. The van der Waals surface area contributed by atoms with E-state index in [1.165, 1.54) is 6.33 Å². The fourth-order valence-electron chi connectivity index (χ4n) is 1.63. The molecule has 2 aromatic heterocycles. The minimum absolute atomic E-state index is 0.101. The molecular weight excluding hydrogens is 278 g/mol. The lowest BCUT2D eigenvalue weighted by molar-refractivity contribution is -0.383. The molecule has 0 aromatic carbocycles. The van der Waals surface area contributed by atoms with E-state index in [9.17, 15) is 10.1 Å². The Morgan fingerprint density at radius 2 is 2.05 bits per heavy atom. The summed E-state index contributed by atoms with van der Waals surface area (Å²) in [6.07, 6.45) is 2.08. The fraction of sp³-hybridized carbons (Fsp3) is 0.455. The van der Waals surface area contributed by atoms with Gasteiger partial charge in [-0.1, -0.05) is 12.1 Å². The number of anilines is 2. The molecule has 0 aliphatic rings. The topological polar surface area (TPSA) is 132 Å². The first-order valence-corrected chi connectivity index (χ1v) is 6.38. The van der Waals surface area contributed by atoms with Gasteiger partial charge in [-0.2, -0.15) is 4.98 Å². The average molecular weight is 293 g/mol. The van der Waals surface area contributed by atoms with Gasteiger partial charge in [0.2, 0.25) is 17.5 Å². The molecule has 0 bridgehead atoms. The Morgan fingerprint density at radius 3 is 2.62 bits per heavy atom. The van der Waals surface area contributed by atoms with Crippen LogP contribution < -0.4 is 10.6 Å². The van der Waals surface area contributed by atoms with Gasteiger partial charge in [0.15, 0.2) is 5.82 Å². The third-order valence-electron chi connectivity index (χ3n) is 2.52. The molecule has 112 valence electrons. The number of nitrogens with zero attached hydrogens (tertiary/aromatic N) is 5. The maximum Gasteiger partial charge on any atom is 0.353 e. The van der Waals surface area contributed by atoms with E-state index in [1.54, 1.807) is 6.92 Å². The zero-order chi connectivity index (χ0) is 15.2. The van der Waals surface area contributed by atoms with Crippen molar-refractivity contribution in [1.82, 2.24) is 20.1 Å². The predicted molar refractivity (Wildman–Crippen MR) is 73.8 cm³/mol. The number of hydrogen-bond acceptors (Lipinski definition) is 9. The molecule has 2 N–H and O–H groups in total. The van der Waals surface area contributed by atoms with Crippen LogP contribution in [0.5, 0.6) is 0 Å². The Morgan fingerprint density at radius 1 is 1.33 bits per heavy atom. The molecule has 2 rings (SSSR count). The van der Waals surface area contributed by atoms with E-state index in [1.807, 2.05) is 6.92 Å². The highest BCUT2D eigenvalue weighted by Gasteiger charge is 2.22. The standard InChI is InChI=1S/C11H15N7O3/c1-3-4-12-10-9(18(19)20)11(15-6-14-10)13-5-8-16-7(2)17-21-8/h6H,3-5H2,1-2H3,(H2,12,13,14,15). The molecule has 0 atom stereocenters. The molecule has 0 aliphatic heterocycles. The quantitative estimate of drug-likeness (QED) is 0.575. The molecule has 0 amide bonds. The monoisotopic (exact) mass is 293 g/mol. The molecule has 10 heteroatoms. The Balaban J connectivity index is 2.19. The first kappa shape index (κ1) is 14.6. The Bertz CT molecular complexity index is 628.